The number of carbonyl (C=O) groups is 1. The number of piperidine rings is 1. The smallest absolute Gasteiger partial charge is 0.239 e. The van der Waals surface area contributed by atoms with Gasteiger partial charge in [0.15, 0.2) is 0 Å². The molecule has 2 atom stereocenters. The van der Waals surface area contributed by atoms with Crippen LogP contribution in [0.2, 0.25) is 0 Å². The fourth-order valence-electron chi connectivity index (χ4n) is 2.03. The molecule has 1 heterocycles. The molecule has 0 aromatic carbocycles. The number of amides is 1. The summed E-state index contributed by atoms with van der Waals surface area (Å²) in [6.07, 6.45) is 1.04. The van der Waals surface area contributed by atoms with Gasteiger partial charge < -0.3 is 15.5 Å². The summed E-state index contributed by atoms with van der Waals surface area (Å²) in [5, 5.41) is 6.18. The van der Waals surface area contributed by atoms with Gasteiger partial charge >= 0.3 is 0 Å². The first kappa shape index (κ1) is 13.5. The minimum atomic E-state index is -0.483. The van der Waals surface area contributed by atoms with Crippen molar-refractivity contribution in [3.63, 3.8) is 0 Å². The average molecular weight is 227 g/mol. The van der Waals surface area contributed by atoms with Gasteiger partial charge in [-0.15, -0.1) is 0 Å². The number of hydrogen-bond donors (Lipinski definition) is 2. The second-order valence-corrected chi connectivity index (χ2v) is 5.48. The molecule has 0 bridgehead atoms. The second-order valence-electron chi connectivity index (χ2n) is 5.48. The van der Waals surface area contributed by atoms with Gasteiger partial charge in [-0.1, -0.05) is 6.92 Å². The van der Waals surface area contributed by atoms with E-state index in [2.05, 4.69) is 29.5 Å². The molecule has 94 valence electrons. The zero-order chi connectivity index (χ0) is 12.3. The van der Waals surface area contributed by atoms with Crippen molar-refractivity contribution in [1.29, 1.82) is 0 Å². The van der Waals surface area contributed by atoms with E-state index in [0.29, 0.717) is 12.0 Å². The van der Waals surface area contributed by atoms with E-state index in [-0.39, 0.29) is 5.91 Å². The van der Waals surface area contributed by atoms with Crippen LogP contribution in [0.1, 0.15) is 27.2 Å². The average Bonchev–Trinajstić information content (AvgIpc) is 2.22. The van der Waals surface area contributed by atoms with Gasteiger partial charge in [-0.05, 0) is 46.8 Å². The Bertz CT molecular complexity index is 253. The van der Waals surface area contributed by atoms with Crippen LogP contribution < -0.4 is 10.6 Å². The predicted octanol–water partition coefficient (Wildman–Crippen LogP) is 0.441. The van der Waals surface area contributed by atoms with Crippen molar-refractivity contribution in [3.05, 3.63) is 0 Å². The summed E-state index contributed by atoms with van der Waals surface area (Å²) in [6.45, 7) is 8.14. The van der Waals surface area contributed by atoms with Crippen LogP contribution in [0.15, 0.2) is 0 Å². The largest absolute Gasteiger partial charge is 0.351 e. The number of nitrogens with zero attached hydrogens (tertiary/aromatic N) is 1. The Morgan fingerprint density at radius 2 is 2.06 bits per heavy atom. The van der Waals surface area contributed by atoms with Crippen molar-refractivity contribution in [1.82, 2.24) is 15.5 Å². The van der Waals surface area contributed by atoms with Gasteiger partial charge in [0.05, 0.1) is 5.54 Å². The van der Waals surface area contributed by atoms with E-state index in [4.69, 9.17) is 0 Å². The van der Waals surface area contributed by atoms with E-state index in [0.717, 1.165) is 19.5 Å². The standard InChI is InChI=1S/C12H25N3O/c1-9-8-15(5)7-6-10(9)14-11(16)12(2,3)13-4/h9-10,13H,6-8H2,1-5H3,(H,14,16). The summed E-state index contributed by atoms with van der Waals surface area (Å²) >= 11 is 0. The third kappa shape index (κ3) is 3.19. The highest BCUT2D eigenvalue weighted by molar-refractivity contribution is 5.85. The number of nitrogens with one attached hydrogen (secondary N) is 2. The minimum absolute atomic E-state index is 0.0939. The number of carbonyl (C=O) groups excluding carboxylic acids is 1. The molecule has 1 aliphatic heterocycles. The summed E-state index contributed by atoms with van der Waals surface area (Å²) in [4.78, 5) is 14.3. The number of hydrogen-bond acceptors (Lipinski definition) is 3. The van der Waals surface area contributed by atoms with Gasteiger partial charge in [-0.25, -0.2) is 0 Å². The van der Waals surface area contributed by atoms with Crippen LogP contribution in [-0.4, -0.2) is 49.6 Å². The molecule has 1 aliphatic rings. The highest BCUT2D eigenvalue weighted by Gasteiger charge is 2.31. The number of likely N-dealkylation sites (tertiary alicyclic amines) is 1. The van der Waals surface area contributed by atoms with Crippen LogP contribution >= 0.6 is 0 Å². The van der Waals surface area contributed by atoms with Crippen LogP contribution in [-0.2, 0) is 4.79 Å². The Hall–Kier alpha value is -0.610. The molecule has 0 spiro atoms. The fourth-order valence-corrected chi connectivity index (χ4v) is 2.03. The monoisotopic (exact) mass is 227 g/mol. The maximum atomic E-state index is 12.0. The third-order valence-corrected chi connectivity index (χ3v) is 3.62. The Labute approximate surface area is 98.8 Å². The molecular weight excluding hydrogens is 202 g/mol. The molecule has 0 aromatic heterocycles. The Kier molecular flexibility index (Phi) is 4.33. The van der Waals surface area contributed by atoms with E-state index in [1.54, 1.807) is 0 Å². The predicted molar refractivity (Wildman–Crippen MR) is 66.3 cm³/mol. The molecule has 4 heteroatoms. The van der Waals surface area contributed by atoms with Gasteiger partial charge in [0, 0.05) is 12.6 Å². The first-order valence-corrected chi connectivity index (χ1v) is 6.05. The quantitative estimate of drug-likeness (QED) is 0.735. The lowest BCUT2D eigenvalue weighted by molar-refractivity contribution is -0.127. The van der Waals surface area contributed by atoms with E-state index in [9.17, 15) is 4.79 Å². The molecule has 0 radical (unpaired) electrons. The number of rotatable bonds is 3. The van der Waals surface area contributed by atoms with Crippen LogP contribution in [0.25, 0.3) is 0 Å². The van der Waals surface area contributed by atoms with Gasteiger partial charge in [-0.2, -0.15) is 0 Å². The van der Waals surface area contributed by atoms with Crippen molar-refractivity contribution in [2.24, 2.45) is 5.92 Å². The molecule has 1 amide bonds. The molecule has 1 saturated heterocycles. The lowest BCUT2D eigenvalue weighted by Crippen LogP contribution is -2.57. The molecule has 0 aromatic rings. The molecule has 4 nitrogen and oxygen atoms in total. The zero-order valence-electron chi connectivity index (χ0n) is 11.1. The lowest BCUT2D eigenvalue weighted by atomic mass is 9.93. The van der Waals surface area contributed by atoms with Crippen LogP contribution in [0.3, 0.4) is 0 Å². The first-order chi connectivity index (χ1) is 7.36. The Morgan fingerprint density at radius 1 is 1.44 bits per heavy atom. The maximum Gasteiger partial charge on any atom is 0.239 e. The molecule has 2 unspecified atom stereocenters. The normalized spacial score (nSPS) is 27.8. The highest BCUT2D eigenvalue weighted by Crippen LogP contribution is 2.16. The van der Waals surface area contributed by atoms with E-state index in [1.807, 2.05) is 20.9 Å². The molecule has 1 fully saturated rings. The highest BCUT2D eigenvalue weighted by atomic mass is 16.2. The lowest BCUT2D eigenvalue weighted by Gasteiger charge is -2.37. The zero-order valence-corrected chi connectivity index (χ0v) is 11.1. The summed E-state index contributed by atoms with van der Waals surface area (Å²) < 4.78 is 0. The summed E-state index contributed by atoms with van der Waals surface area (Å²) in [5.74, 6) is 0.617. The van der Waals surface area contributed by atoms with Crippen molar-refractivity contribution < 1.29 is 4.79 Å². The molecule has 2 N–H and O–H groups in total. The Balaban J connectivity index is 2.51. The third-order valence-electron chi connectivity index (χ3n) is 3.62. The van der Waals surface area contributed by atoms with Gasteiger partial charge in [0.2, 0.25) is 5.91 Å². The van der Waals surface area contributed by atoms with Crippen LogP contribution in [0, 0.1) is 5.92 Å². The van der Waals surface area contributed by atoms with E-state index >= 15 is 0 Å². The molecule has 1 rings (SSSR count). The summed E-state index contributed by atoms with van der Waals surface area (Å²) in [5.41, 5.74) is -0.483. The Morgan fingerprint density at radius 3 is 2.56 bits per heavy atom. The molecule has 0 aliphatic carbocycles. The van der Waals surface area contributed by atoms with E-state index < -0.39 is 5.54 Å². The maximum absolute atomic E-state index is 12.0. The second kappa shape index (κ2) is 5.15. The van der Waals surface area contributed by atoms with Crippen molar-refractivity contribution >= 4 is 5.91 Å². The SMILES string of the molecule is CNC(C)(C)C(=O)NC1CCN(C)CC1C. The fraction of sp³-hybridized carbons (Fsp3) is 0.917. The van der Waals surface area contributed by atoms with Gasteiger partial charge in [0.25, 0.3) is 0 Å². The van der Waals surface area contributed by atoms with Crippen molar-refractivity contribution in [2.75, 3.05) is 27.2 Å². The number of likely N-dealkylation sites (N-methyl/N-ethyl adjacent to an activating group) is 1. The van der Waals surface area contributed by atoms with E-state index in [1.165, 1.54) is 0 Å². The molecule has 0 saturated carbocycles. The molecular formula is C12H25N3O. The van der Waals surface area contributed by atoms with Crippen LogP contribution in [0.4, 0.5) is 0 Å². The first-order valence-electron chi connectivity index (χ1n) is 6.05. The van der Waals surface area contributed by atoms with Gasteiger partial charge in [-0.3, -0.25) is 4.79 Å². The van der Waals surface area contributed by atoms with Gasteiger partial charge in [0.1, 0.15) is 0 Å². The molecule has 16 heavy (non-hydrogen) atoms. The van der Waals surface area contributed by atoms with Crippen molar-refractivity contribution in [3.8, 4) is 0 Å². The topological polar surface area (TPSA) is 44.4 Å². The van der Waals surface area contributed by atoms with Crippen molar-refractivity contribution in [2.45, 2.75) is 38.8 Å². The minimum Gasteiger partial charge on any atom is -0.351 e. The summed E-state index contributed by atoms with van der Waals surface area (Å²) in [7, 11) is 3.95. The van der Waals surface area contributed by atoms with Crippen LogP contribution in [0.5, 0.6) is 0 Å². The summed E-state index contributed by atoms with van der Waals surface area (Å²) in [6, 6.07) is 0.316.